The fourth-order valence-electron chi connectivity index (χ4n) is 0.793. The lowest BCUT2D eigenvalue weighted by Gasteiger charge is -2.06. The van der Waals surface area contributed by atoms with E-state index in [0.717, 1.165) is 0 Å². The van der Waals surface area contributed by atoms with Crippen molar-refractivity contribution in [2.75, 3.05) is 0 Å². The van der Waals surface area contributed by atoms with Crippen LogP contribution in [0, 0.1) is 0 Å². The maximum atomic E-state index is 5.01. The van der Waals surface area contributed by atoms with Gasteiger partial charge in [-0.3, -0.25) is 0 Å². The Bertz CT molecular complexity index is 252. The Labute approximate surface area is 63.5 Å². The van der Waals surface area contributed by atoms with Crippen LogP contribution in [0.5, 0.6) is 0 Å². The van der Waals surface area contributed by atoms with E-state index in [1.807, 2.05) is 0 Å². The molecule has 2 rings (SSSR count). The SMILES string of the molecule is C1=COC(c2ncccn2)O1. The molecule has 11 heavy (non-hydrogen) atoms. The Kier molecular flexibility index (Phi) is 1.44. The van der Waals surface area contributed by atoms with E-state index in [1.54, 1.807) is 18.5 Å². The van der Waals surface area contributed by atoms with Crippen LogP contribution in [-0.4, -0.2) is 9.97 Å². The summed E-state index contributed by atoms with van der Waals surface area (Å²) in [5.41, 5.74) is 0. The molecule has 1 aromatic rings. The summed E-state index contributed by atoms with van der Waals surface area (Å²) in [6.45, 7) is 0. The summed E-state index contributed by atoms with van der Waals surface area (Å²) in [6, 6.07) is 1.74. The van der Waals surface area contributed by atoms with Crippen molar-refractivity contribution in [1.29, 1.82) is 0 Å². The van der Waals surface area contributed by atoms with E-state index >= 15 is 0 Å². The Hall–Kier alpha value is -1.58. The average Bonchev–Trinajstić information content (AvgIpc) is 2.58. The summed E-state index contributed by atoms with van der Waals surface area (Å²) in [7, 11) is 0. The minimum atomic E-state index is -0.462. The summed E-state index contributed by atoms with van der Waals surface area (Å²) in [4.78, 5) is 7.92. The first-order valence-corrected chi connectivity index (χ1v) is 3.20. The van der Waals surface area contributed by atoms with E-state index in [2.05, 4.69) is 9.97 Å². The van der Waals surface area contributed by atoms with Crippen molar-refractivity contribution in [3.63, 3.8) is 0 Å². The molecule has 1 aliphatic rings. The molecule has 1 aliphatic heterocycles. The molecule has 0 unspecified atom stereocenters. The summed E-state index contributed by atoms with van der Waals surface area (Å²) in [5.74, 6) is 0.539. The fraction of sp³-hybridized carbons (Fsp3) is 0.143. The molecule has 0 amide bonds. The van der Waals surface area contributed by atoms with Crippen molar-refractivity contribution < 1.29 is 9.47 Å². The van der Waals surface area contributed by atoms with Gasteiger partial charge in [-0.05, 0) is 6.07 Å². The predicted octanol–water partition coefficient (Wildman–Crippen LogP) is 0.993. The third kappa shape index (κ3) is 1.14. The zero-order chi connectivity index (χ0) is 7.52. The van der Waals surface area contributed by atoms with Gasteiger partial charge < -0.3 is 9.47 Å². The number of ether oxygens (including phenoxy) is 2. The van der Waals surface area contributed by atoms with Gasteiger partial charge in [0, 0.05) is 12.4 Å². The lowest BCUT2D eigenvalue weighted by atomic mass is 10.5. The summed E-state index contributed by atoms with van der Waals surface area (Å²) < 4.78 is 10.0. The molecule has 2 heterocycles. The van der Waals surface area contributed by atoms with Gasteiger partial charge in [-0.1, -0.05) is 0 Å². The van der Waals surface area contributed by atoms with Crippen molar-refractivity contribution >= 4 is 0 Å². The van der Waals surface area contributed by atoms with Gasteiger partial charge in [0.2, 0.25) is 5.82 Å². The molecule has 0 aromatic carbocycles. The second kappa shape index (κ2) is 2.57. The normalized spacial score (nSPS) is 16.0. The zero-order valence-corrected chi connectivity index (χ0v) is 5.68. The molecule has 4 nitrogen and oxygen atoms in total. The van der Waals surface area contributed by atoms with E-state index in [-0.39, 0.29) is 0 Å². The second-order valence-electron chi connectivity index (χ2n) is 1.98. The lowest BCUT2D eigenvalue weighted by Crippen LogP contribution is -2.02. The summed E-state index contributed by atoms with van der Waals surface area (Å²) >= 11 is 0. The molecule has 0 radical (unpaired) electrons. The third-order valence-electron chi connectivity index (χ3n) is 1.26. The van der Waals surface area contributed by atoms with E-state index in [9.17, 15) is 0 Å². The number of aromatic nitrogens is 2. The quantitative estimate of drug-likeness (QED) is 0.598. The van der Waals surface area contributed by atoms with Crippen LogP contribution < -0.4 is 0 Å². The van der Waals surface area contributed by atoms with Gasteiger partial charge in [-0.25, -0.2) is 9.97 Å². The van der Waals surface area contributed by atoms with Crippen LogP contribution in [0.3, 0.4) is 0 Å². The van der Waals surface area contributed by atoms with Gasteiger partial charge in [-0.15, -0.1) is 0 Å². The monoisotopic (exact) mass is 150 g/mol. The summed E-state index contributed by atoms with van der Waals surface area (Å²) in [5, 5.41) is 0. The lowest BCUT2D eigenvalue weighted by molar-refractivity contribution is -0.0315. The predicted molar refractivity (Wildman–Crippen MR) is 36.1 cm³/mol. The molecule has 0 spiro atoms. The molecule has 1 aromatic heterocycles. The third-order valence-corrected chi connectivity index (χ3v) is 1.26. The molecule has 0 fully saturated rings. The molecule has 56 valence electrons. The molecular weight excluding hydrogens is 144 g/mol. The van der Waals surface area contributed by atoms with Crippen LogP contribution in [0.1, 0.15) is 12.1 Å². The van der Waals surface area contributed by atoms with Crippen LogP contribution in [-0.2, 0) is 9.47 Å². The molecule has 0 bridgehead atoms. The molecule has 0 aliphatic carbocycles. The highest BCUT2D eigenvalue weighted by Gasteiger charge is 2.17. The molecule has 0 saturated heterocycles. The minimum Gasteiger partial charge on any atom is -0.452 e. The molecule has 0 atom stereocenters. The maximum absolute atomic E-state index is 5.01. The van der Waals surface area contributed by atoms with Gasteiger partial charge in [0.15, 0.2) is 0 Å². The van der Waals surface area contributed by atoms with E-state index in [4.69, 9.17) is 9.47 Å². The number of rotatable bonds is 1. The van der Waals surface area contributed by atoms with Crippen LogP contribution in [0.4, 0.5) is 0 Å². The Balaban J connectivity index is 2.17. The standard InChI is InChI=1S/C7H6N2O2/c1-2-8-6(9-3-1)7-10-4-5-11-7/h1-5,7H. The zero-order valence-electron chi connectivity index (χ0n) is 5.68. The van der Waals surface area contributed by atoms with Gasteiger partial charge in [0.05, 0.1) is 0 Å². The van der Waals surface area contributed by atoms with Crippen LogP contribution in [0.15, 0.2) is 31.0 Å². The first kappa shape index (κ1) is 6.15. The van der Waals surface area contributed by atoms with E-state index in [1.165, 1.54) is 12.5 Å². The van der Waals surface area contributed by atoms with Crippen molar-refractivity contribution in [1.82, 2.24) is 9.97 Å². The molecule has 0 saturated carbocycles. The van der Waals surface area contributed by atoms with Crippen LogP contribution in [0.25, 0.3) is 0 Å². The van der Waals surface area contributed by atoms with Crippen molar-refractivity contribution in [3.05, 3.63) is 36.8 Å². The largest absolute Gasteiger partial charge is 0.452 e. The number of hydrogen-bond donors (Lipinski definition) is 0. The Morgan fingerprint density at radius 2 is 1.73 bits per heavy atom. The Morgan fingerprint density at radius 3 is 2.36 bits per heavy atom. The van der Waals surface area contributed by atoms with Crippen molar-refractivity contribution in [3.8, 4) is 0 Å². The topological polar surface area (TPSA) is 44.2 Å². The fourth-order valence-corrected chi connectivity index (χ4v) is 0.793. The van der Waals surface area contributed by atoms with Crippen molar-refractivity contribution in [2.24, 2.45) is 0 Å². The van der Waals surface area contributed by atoms with Crippen LogP contribution >= 0.6 is 0 Å². The maximum Gasteiger partial charge on any atom is 0.301 e. The van der Waals surface area contributed by atoms with Gasteiger partial charge in [0.1, 0.15) is 12.5 Å². The molecule has 4 heteroatoms. The summed E-state index contributed by atoms with van der Waals surface area (Å²) in [6.07, 6.45) is 5.78. The van der Waals surface area contributed by atoms with Crippen molar-refractivity contribution in [2.45, 2.75) is 6.29 Å². The van der Waals surface area contributed by atoms with Gasteiger partial charge in [0.25, 0.3) is 0 Å². The molecular formula is C7H6N2O2. The second-order valence-corrected chi connectivity index (χ2v) is 1.98. The van der Waals surface area contributed by atoms with Crippen LogP contribution in [0.2, 0.25) is 0 Å². The van der Waals surface area contributed by atoms with E-state index < -0.39 is 6.29 Å². The smallest absolute Gasteiger partial charge is 0.301 e. The highest BCUT2D eigenvalue weighted by Crippen LogP contribution is 2.19. The number of nitrogens with zero attached hydrogens (tertiary/aromatic N) is 2. The first-order chi connectivity index (χ1) is 5.47. The minimum absolute atomic E-state index is 0.462. The Morgan fingerprint density at radius 1 is 1.09 bits per heavy atom. The first-order valence-electron chi connectivity index (χ1n) is 3.20. The highest BCUT2D eigenvalue weighted by atomic mass is 16.7. The van der Waals surface area contributed by atoms with Gasteiger partial charge >= 0.3 is 6.29 Å². The van der Waals surface area contributed by atoms with Gasteiger partial charge in [-0.2, -0.15) is 0 Å². The molecule has 0 N–H and O–H groups in total. The van der Waals surface area contributed by atoms with E-state index in [0.29, 0.717) is 5.82 Å². The average molecular weight is 150 g/mol. The number of hydrogen-bond acceptors (Lipinski definition) is 4. The highest BCUT2D eigenvalue weighted by molar-refractivity contribution is 4.93.